The first-order valence-corrected chi connectivity index (χ1v) is 5.42. The van der Waals surface area contributed by atoms with Crippen molar-refractivity contribution >= 4 is 11.7 Å². The van der Waals surface area contributed by atoms with Gasteiger partial charge in [-0.2, -0.15) is 13.2 Å². The average Bonchev–Trinajstić information content (AvgIpc) is 2.74. The normalized spacial score (nSPS) is 12.4. The van der Waals surface area contributed by atoms with E-state index < -0.39 is 17.8 Å². The highest BCUT2D eigenvalue weighted by Gasteiger charge is 2.34. The van der Waals surface area contributed by atoms with Gasteiger partial charge in [-0.25, -0.2) is 9.78 Å². The Hall–Kier alpha value is -1.99. The van der Waals surface area contributed by atoms with Crippen LogP contribution in [0.5, 0.6) is 0 Å². The molecule has 1 aromatic rings. The third-order valence-electron chi connectivity index (χ3n) is 2.02. The van der Waals surface area contributed by atoms with Gasteiger partial charge in [-0.05, 0) is 6.92 Å². The predicted molar refractivity (Wildman–Crippen MR) is 61.8 cm³/mol. The first-order chi connectivity index (χ1) is 8.75. The SMILES string of the molecule is CCOC(=O)C(=CN(C)C)n1cnc(C(F)(F)F)c1. The maximum absolute atomic E-state index is 12.5. The van der Waals surface area contributed by atoms with E-state index in [0.29, 0.717) is 0 Å². The first-order valence-electron chi connectivity index (χ1n) is 5.42. The number of hydrogen-bond donors (Lipinski definition) is 0. The van der Waals surface area contributed by atoms with Crippen LogP contribution in [0, 0.1) is 0 Å². The van der Waals surface area contributed by atoms with Crippen LogP contribution in [0.1, 0.15) is 12.6 Å². The highest BCUT2D eigenvalue weighted by atomic mass is 19.4. The van der Waals surface area contributed by atoms with Gasteiger partial charge in [-0.15, -0.1) is 0 Å². The van der Waals surface area contributed by atoms with Gasteiger partial charge in [0.15, 0.2) is 5.69 Å². The second-order valence-electron chi connectivity index (χ2n) is 3.86. The summed E-state index contributed by atoms with van der Waals surface area (Å²) < 4.78 is 43.1. The lowest BCUT2D eigenvalue weighted by molar-refractivity contribution is -0.141. The van der Waals surface area contributed by atoms with E-state index in [-0.39, 0.29) is 12.3 Å². The van der Waals surface area contributed by atoms with Gasteiger partial charge in [-0.3, -0.25) is 4.57 Å². The Morgan fingerprint density at radius 2 is 2.16 bits per heavy atom. The first kappa shape index (κ1) is 15.1. The smallest absolute Gasteiger partial charge is 0.434 e. The quantitative estimate of drug-likeness (QED) is 0.622. The van der Waals surface area contributed by atoms with Crippen LogP contribution >= 0.6 is 0 Å². The van der Waals surface area contributed by atoms with Crippen molar-refractivity contribution < 1.29 is 22.7 Å². The number of ether oxygens (including phenoxy) is 1. The second kappa shape index (κ2) is 5.77. The molecule has 0 aliphatic rings. The number of esters is 1. The van der Waals surface area contributed by atoms with Gasteiger partial charge in [0.05, 0.1) is 6.61 Å². The van der Waals surface area contributed by atoms with Crippen LogP contribution in [0.3, 0.4) is 0 Å². The largest absolute Gasteiger partial charge is 0.461 e. The van der Waals surface area contributed by atoms with E-state index in [1.54, 1.807) is 21.0 Å². The number of hydrogen-bond acceptors (Lipinski definition) is 4. The molecule has 0 fully saturated rings. The summed E-state index contributed by atoms with van der Waals surface area (Å²) in [5, 5.41) is 0. The van der Waals surface area contributed by atoms with Crippen LogP contribution in [0.2, 0.25) is 0 Å². The molecule has 1 heterocycles. The molecule has 5 nitrogen and oxygen atoms in total. The van der Waals surface area contributed by atoms with E-state index in [1.165, 1.54) is 11.1 Å². The molecular formula is C11H14F3N3O2. The maximum Gasteiger partial charge on any atom is 0.434 e. The molecular weight excluding hydrogens is 263 g/mol. The molecule has 0 radical (unpaired) electrons. The Bertz CT molecular complexity index is 478. The molecule has 8 heteroatoms. The van der Waals surface area contributed by atoms with Crippen LogP contribution in [0.15, 0.2) is 18.7 Å². The van der Waals surface area contributed by atoms with Crippen molar-refractivity contribution in [2.24, 2.45) is 0 Å². The van der Waals surface area contributed by atoms with Gasteiger partial charge in [0.1, 0.15) is 12.0 Å². The number of halogens is 3. The van der Waals surface area contributed by atoms with Crippen molar-refractivity contribution in [2.75, 3.05) is 20.7 Å². The number of imidazole rings is 1. The number of alkyl halides is 3. The zero-order valence-corrected chi connectivity index (χ0v) is 10.7. The number of nitrogens with zero attached hydrogens (tertiary/aromatic N) is 3. The zero-order valence-electron chi connectivity index (χ0n) is 10.7. The van der Waals surface area contributed by atoms with E-state index in [4.69, 9.17) is 4.74 Å². The van der Waals surface area contributed by atoms with Crippen molar-refractivity contribution in [2.45, 2.75) is 13.1 Å². The highest BCUT2D eigenvalue weighted by molar-refractivity contribution is 6.09. The monoisotopic (exact) mass is 277 g/mol. The fourth-order valence-electron chi connectivity index (χ4n) is 1.28. The van der Waals surface area contributed by atoms with Crippen molar-refractivity contribution in [1.29, 1.82) is 0 Å². The highest BCUT2D eigenvalue weighted by Crippen LogP contribution is 2.28. The fraction of sp³-hybridized carbons (Fsp3) is 0.455. The third kappa shape index (κ3) is 4.01. The molecule has 0 atom stereocenters. The Morgan fingerprint density at radius 3 is 2.58 bits per heavy atom. The summed E-state index contributed by atoms with van der Waals surface area (Å²) in [7, 11) is 3.28. The number of carbonyl (C=O) groups excluding carboxylic acids is 1. The zero-order chi connectivity index (χ0) is 14.6. The molecule has 106 valence electrons. The van der Waals surface area contributed by atoms with E-state index >= 15 is 0 Å². The summed E-state index contributed by atoms with van der Waals surface area (Å²) in [5.41, 5.74) is -1.11. The molecule has 0 unspecified atom stereocenters. The molecule has 0 N–H and O–H groups in total. The summed E-state index contributed by atoms with van der Waals surface area (Å²) >= 11 is 0. The Morgan fingerprint density at radius 1 is 1.53 bits per heavy atom. The van der Waals surface area contributed by atoms with E-state index in [0.717, 1.165) is 17.1 Å². The minimum atomic E-state index is -4.55. The van der Waals surface area contributed by atoms with Gasteiger partial charge in [0.25, 0.3) is 0 Å². The topological polar surface area (TPSA) is 47.4 Å². The van der Waals surface area contributed by atoms with Crippen molar-refractivity contribution in [3.63, 3.8) is 0 Å². The number of rotatable bonds is 4. The van der Waals surface area contributed by atoms with E-state index in [1.807, 2.05) is 0 Å². The Labute approximate surface area is 108 Å². The van der Waals surface area contributed by atoms with Crippen LogP contribution in [0.25, 0.3) is 5.70 Å². The number of aromatic nitrogens is 2. The van der Waals surface area contributed by atoms with Crippen LogP contribution in [-0.2, 0) is 15.7 Å². The lowest BCUT2D eigenvalue weighted by Gasteiger charge is -2.11. The third-order valence-corrected chi connectivity index (χ3v) is 2.02. The number of carbonyl (C=O) groups is 1. The molecule has 0 bridgehead atoms. The lowest BCUT2D eigenvalue weighted by Crippen LogP contribution is -2.15. The van der Waals surface area contributed by atoms with Crippen molar-refractivity contribution in [1.82, 2.24) is 14.5 Å². The van der Waals surface area contributed by atoms with E-state index in [9.17, 15) is 18.0 Å². The molecule has 0 spiro atoms. The van der Waals surface area contributed by atoms with Gasteiger partial charge >= 0.3 is 12.1 Å². The summed E-state index contributed by atoms with van der Waals surface area (Å²) in [6, 6.07) is 0. The molecule has 19 heavy (non-hydrogen) atoms. The predicted octanol–water partition coefficient (Wildman–Crippen LogP) is 1.82. The average molecular weight is 277 g/mol. The minimum absolute atomic E-state index is 0.0464. The molecule has 0 aliphatic carbocycles. The minimum Gasteiger partial charge on any atom is -0.461 e. The summed E-state index contributed by atoms with van der Waals surface area (Å²) in [4.78, 5) is 16.4. The van der Waals surface area contributed by atoms with Crippen molar-refractivity contribution in [3.05, 3.63) is 24.4 Å². The molecule has 0 saturated carbocycles. The molecule has 0 aliphatic heterocycles. The molecule has 0 aromatic carbocycles. The molecule has 0 amide bonds. The Balaban J connectivity index is 3.12. The molecule has 0 saturated heterocycles. The van der Waals surface area contributed by atoms with Crippen LogP contribution < -0.4 is 0 Å². The second-order valence-corrected chi connectivity index (χ2v) is 3.86. The standard InChI is InChI=1S/C11H14F3N3O2/c1-4-19-10(18)8(5-16(2)3)17-6-9(15-7-17)11(12,13)14/h5-7H,4H2,1-3H3. The van der Waals surface area contributed by atoms with Gasteiger partial charge in [0, 0.05) is 26.5 Å². The fourth-order valence-corrected chi connectivity index (χ4v) is 1.28. The molecule has 1 rings (SSSR count). The summed E-state index contributed by atoms with van der Waals surface area (Å²) in [5.74, 6) is -0.720. The summed E-state index contributed by atoms with van der Waals surface area (Å²) in [6.07, 6.45) is -1.52. The lowest BCUT2D eigenvalue weighted by atomic mass is 10.4. The van der Waals surface area contributed by atoms with Gasteiger partial charge in [0.2, 0.25) is 0 Å². The Kier molecular flexibility index (Phi) is 4.57. The van der Waals surface area contributed by atoms with Crippen LogP contribution in [0.4, 0.5) is 13.2 Å². The van der Waals surface area contributed by atoms with Gasteiger partial charge in [-0.1, -0.05) is 0 Å². The van der Waals surface area contributed by atoms with E-state index in [2.05, 4.69) is 4.98 Å². The maximum atomic E-state index is 12.5. The van der Waals surface area contributed by atoms with Crippen molar-refractivity contribution in [3.8, 4) is 0 Å². The summed E-state index contributed by atoms with van der Waals surface area (Å²) in [6.45, 7) is 1.74. The molecule has 1 aromatic heterocycles. The van der Waals surface area contributed by atoms with Crippen LogP contribution in [-0.4, -0.2) is 41.1 Å². The van der Waals surface area contributed by atoms with Gasteiger partial charge < -0.3 is 9.64 Å².